The summed E-state index contributed by atoms with van der Waals surface area (Å²) in [5, 5.41) is 2.64. The minimum atomic E-state index is -0.512. The Balaban J connectivity index is 1.75. The summed E-state index contributed by atoms with van der Waals surface area (Å²) < 4.78 is 21.4. The third kappa shape index (κ3) is 4.14. The van der Waals surface area contributed by atoms with Gasteiger partial charge in [0.25, 0.3) is 0 Å². The highest BCUT2D eigenvalue weighted by molar-refractivity contribution is 5.99. The van der Waals surface area contributed by atoms with Crippen LogP contribution in [0.1, 0.15) is 32.4 Å². The van der Waals surface area contributed by atoms with Crippen LogP contribution in [0, 0.1) is 5.82 Å². The Bertz CT molecular complexity index is 1460. The average molecular weight is 504 g/mol. The zero-order chi connectivity index (χ0) is 26.3. The van der Waals surface area contributed by atoms with Crippen molar-refractivity contribution in [2.24, 2.45) is 0 Å². The second kappa shape index (κ2) is 9.53. The fourth-order valence-electron chi connectivity index (χ4n) is 4.77. The van der Waals surface area contributed by atoms with Gasteiger partial charge in [-0.15, -0.1) is 0 Å². The summed E-state index contributed by atoms with van der Waals surface area (Å²) in [7, 11) is 0. The molecule has 190 valence electrons. The number of rotatable bonds is 3. The maximum Gasteiger partial charge on any atom is 0.417 e. The standard InChI is InChI=1S/C27H26FN5O4/c1-4-37-27(36)30-13-11-19(12-14-30)25-24(22-9-10-23(28)21-8-6-5-7-20(21)22)29-26-31(17(2)34)15-16-32(18(3)35)33(25)26/h5-14,19H,4,15-16H2,1-3H3. The summed E-state index contributed by atoms with van der Waals surface area (Å²) in [6.45, 7) is 5.46. The van der Waals surface area contributed by atoms with Gasteiger partial charge in [0, 0.05) is 49.7 Å². The van der Waals surface area contributed by atoms with E-state index >= 15 is 0 Å². The number of nitrogens with zero attached hydrogens (tertiary/aromatic N) is 5. The molecule has 2 aliphatic rings. The van der Waals surface area contributed by atoms with Gasteiger partial charge in [-0.2, -0.15) is 0 Å². The van der Waals surface area contributed by atoms with Crippen molar-refractivity contribution in [2.45, 2.75) is 26.7 Å². The first-order valence-corrected chi connectivity index (χ1v) is 12.0. The molecule has 3 amide bonds. The highest BCUT2D eigenvalue weighted by Gasteiger charge is 2.36. The van der Waals surface area contributed by atoms with Crippen molar-refractivity contribution in [3.05, 3.63) is 72.5 Å². The van der Waals surface area contributed by atoms with Gasteiger partial charge in [-0.3, -0.25) is 19.4 Å². The van der Waals surface area contributed by atoms with Crippen LogP contribution in [0.5, 0.6) is 0 Å². The average Bonchev–Trinajstić information content (AvgIpc) is 3.28. The Labute approximate surface area is 213 Å². The van der Waals surface area contributed by atoms with Crippen LogP contribution in [0.3, 0.4) is 0 Å². The first kappa shape index (κ1) is 24.2. The minimum absolute atomic E-state index is 0.209. The Morgan fingerprint density at radius 3 is 2.35 bits per heavy atom. The van der Waals surface area contributed by atoms with Crippen molar-refractivity contribution in [1.82, 2.24) is 14.6 Å². The van der Waals surface area contributed by atoms with Crippen LogP contribution < -0.4 is 9.91 Å². The van der Waals surface area contributed by atoms with Crippen LogP contribution in [0.4, 0.5) is 15.1 Å². The van der Waals surface area contributed by atoms with E-state index in [1.54, 1.807) is 59.4 Å². The fraction of sp³-hybridized carbons (Fsp3) is 0.259. The summed E-state index contributed by atoms with van der Waals surface area (Å²) >= 11 is 0. The fourth-order valence-corrected chi connectivity index (χ4v) is 4.77. The molecule has 0 spiro atoms. The lowest BCUT2D eigenvalue weighted by atomic mass is 9.95. The molecular formula is C27H26FN5O4. The van der Waals surface area contributed by atoms with Crippen molar-refractivity contribution in [3.63, 3.8) is 0 Å². The maximum atomic E-state index is 14.7. The van der Waals surface area contributed by atoms with E-state index in [1.807, 2.05) is 12.1 Å². The first-order chi connectivity index (χ1) is 17.8. The van der Waals surface area contributed by atoms with E-state index in [0.717, 1.165) is 0 Å². The van der Waals surface area contributed by atoms with Gasteiger partial charge in [-0.1, -0.05) is 36.4 Å². The molecule has 37 heavy (non-hydrogen) atoms. The van der Waals surface area contributed by atoms with E-state index < -0.39 is 12.0 Å². The van der Waals surface area contributed by atoms with E-state index in [-0.39, 0.29) is 30.8 Å². The molecule has 0 N–H and O–H groups in total. The lowest BCUT2D eigenvalue weighted by Gasteiger charge is -2.36. The number of anilines is 1. The lowest BCUT2D eigenvalue weighted by Crippen LogP contribution is -2.52. The van der Waals surface area contributed by atoms with Gasteiger partial charge in [0.2, 0.25) is 17.8 Å². The minimum Gasteiger partial charge on any atom is -0.449 e. The largest absolute Gasteiger partial charge is 0.449 e. The van der Waals surface area contributed by atoms with Crippen LogP contribution >= 0.6 is 0 Å². The molecule has 0 fully saturated rings. The number of fused-ring (bicyclic) bond motifs is 2. The molecule has 0 saturated heterocycles. The van der Waals surface area contributed by atoms with E-state index in [2.05, 4.69) is 0 Å². The number of carbonyl (C=O) groups is 3. The van der Waals surface area contributed by atoms with Gasteiger partial charge < -0.3 is 4.74 Å². The van der Waals surface area contributed by atoms with Crippen LogP contribution in [0.15, 0.2) is 61.0 Å². The van der Waals surface area contributed by atoms with Gasteiger partial charge in [-0.25, -0.2) is 23.9 Å². The molecule has 0 radical (unpaired) electrons. The Morgan fingerprint density at radius 2 is 1.70 bits per heavy atom. The van der Waals surface area contributed by atoms with E-state index in [1.165, 1.54) is 29.7 Å². The third-order valence-corrected chi connectivity index (χ3v) is 6.46. The molecule has 10 heteroatoms. The molecule has 0 unspecified atom stereocenters. The SMILES string of the molecule is CCOC(=O)N1C=CC(c2c(-c3ccc(F)c4ccccc34)nc3n2N(C(C)=O)CCN3C(C)=O)C=C1. The Hall–Kier alpha value is -4.47. The zero-order valence-corrected chi connectivity index (χ0v) is 20.7. The van der Waals surface area contributed by atoms with Gasteiger partial charge in [0.1, 0.15) is 5.82 Å². The zero-order valence-electron chi connectivity index (χ0n) is 20.7. The second-order valence-electron chi connectivity index (χ2n) is 8.73. The van der Waals surface area contributed by atoms with Gasteiger partial charge in [0.15, 0.2) is 0 Å². The summed E-state index contributed by atoms with van der Waals surface area (Å²) in [6, 6.07) is 10.1. The van der Waals surface area contributed by atoms with Crippen molar-refractivity contribution < 1.29 is 23.5 Å². The number of allylic oxidation sites excluding steroid dienone is 2. The van der Waals surface area contributed by atoms with Crippen molar-refractivity contribution in [2.75, 3.05) is 29.6 Å². The smallest absolute Gasteiger partial charge is 0.417 e. The predicted molar refractivity (Wildman–Crippen MR) is 137 cm³/mol. The number of halogens is 1. The molecule has 3 aromatic rings. The molecule has 0 atom stereocenters. The number of aromatic nitrogens is 2. The van der Waals surface area contributed by atoms with Crippen molar-refractivity contribution in [3.8, 4) is 11.3 Å². The van der Waals surface area contributed by atoms with E-state index in [4.69, 9.17) is 9.72 Å². The predicted octanol–water partition coefficient (Wildman–Crippen LogP) is 4.28. The highest BCUT2D eigenvalue weighted by atomic mass is 19.1. The number of hydrogen-bond acceptors (Lipinski definition) is 5. The number of carbonyl (C=O) groups excluding carboxylic acids is 3. The molecular weight excluding hydrogens is 477 g/mol. The third-order valence-electron chi connectivity index (χ3n) is 6.46. The van der Waals surface area contributed by atoms with Crippen molar-refractivity contribution in [1.29, 1.82) is 0 Å². The number of benzene rings is 2. The lowest BCUT2D eigenvalue weighted by molar-refractivity contribution is -0.119. The molecule has 0 saturated carbocycles. The van der Waals surface area contributed by atoms with Gasteiger partial charge >= 0.3 is 6.09 Å². The molecule has 3 heterocycles. The van der Waals surface area contributed by atoms with Crippen molar-refractivity contribution >= 4 is 34.6 Å². The number of hydrogen-bond donors (Lipinski definition) is 0. The molecule has 5 rings (SSSR count). The Kier molecular flexibility index (Phi) is 6.24. The molecule has 1 aromatic heterocycles. The summed E-state index contributed by atoms with van der Waals surface area (Å²) in [6.07, 6.45) is 6.27. The highest BCUT2D eigenvalue weighted by Crippen LogP contribution is 2.40. The molecule has 2 aromatic carbocycles. The summed E-state index contributed by atoms with van der Waals surface area (Å²) in [5.41, 5.74) is 1.79. The van der Waals surface area contributed by atoms with Crippen LogP contribution in [0.25, 0.3) is 22.0 Å². The molecule has 0 aliphatic carbocycles. The molecule has 2 aliphatic heterocycles. The monoisotopic (exact) mass is 503 g/mol. The first-order valence-electron chi connectivity index (χ1n) is 12.0. The van der Waals surface area contributed by atoms with Crippen LogP contribution in [-0.4, -0.2) is 52.2 Å². The number of amides is 3. The van der Waals surface area contributed by atoms with Gasteiger partial charge in [0.05, 0.1) is 24.5 Å². The van der Waals surface area contributed by atoms with E-state index in [0.29, 0.717) is 40.2 Å². The quantitative estimate of drug-likeness (QED) is 0.533. The molecule has 9 nitrogen and oxygen atoms in total. The molecule has 0 bridgehead atoms. The maximum absolute atomic E-state index is 14.7. The summed E-state index contributed by atoms with van der Waals surface area (Å²) in [4.78, 5) is 45.2. The Morgan fingerprint density at radius 1 is 1.00 bits per heavy atom. The number of imidazole rings is 1. The second-order valence-corrected chi connectivity index (χ2v) is 8.73. The van der Waals surface area contributed by atoms with Crippen LogP contribution in [0.2, 0.25) is 0 Å². The normalized spacial score (nSPS) is 15.3. The van der Waals surface area contributed by atoms with E-state index in [9.17, 15) is 18.8 Å². The van der Waals surface area contributed by atoms with Gasteiger partial charge in [-0.05, 0) is 24.4 Å². The number of ether oxygens (including phenoxy) is 1. The summed E-state index contributed by atoms with van der Waals surface area (Å²) in [5.74, 6) is -0.889. The topological polar surface area (TPSA) is 88.0 Å². The van der Waals surface area contributed by atoms with Crippen LogP contribution in [-0.2, 0) is 14.3 Å².